The third kappa shape index (κ3) is 4.05. The molecule has 2 aliphatic heterocycles. The van der Waals surface area contributed by atoms with Crippen LogP contribution in [0.15, 0.2) is 188 Å². The number of hydrogen-bond acceptors (Lipinski definition) is 4. The fourth-order valence-electron chi connectivity index (χ4n) is 10.3. The van der Waals surface area contributed by atoms with Crippen molar-refractivity contribution in [3.05, 3.63) is 238 Å². The molecule has 0 saturated carbocycles. The summed E-state index contributed by atoms with van der Waals surface area (Å²) in [6, 6.07) is 68.7. The van der Waals surface area contributed by atoms with Crippen LogP contribution in [0, 0.1) is 11.3 Å². The molecule has 1 spiro atoms. The van der Waals surface area contributed by atoms with Gasteiger partial charge in [0.2, 0.25) is 0 Å². The minimum Gasteiger partial charge on any atom is -0.457 e. The standard InChI is InChI=1S/C53H31N3O/c54-32-34-29-30-39(37-20-8-7-19-36(34)37)52(35-17-5-2-6-18-35)43-25-14-26-44-50(43)49-38(46-31-45(55-51(52)56-46)33-15-3-1-4-16-33)21-13-24-42(49)53(44)40-22-9-11-27-47(40)57-48-28-12-10-23-41(48)53/h1-31H. The lowest BCUT2D eigenvalue weighted by atomic mass is 9.63. The number of benzene rings is 8. The summed E-state index contributed by atoms with van der Waals surface area (Å²) < 4.78 is 6.72. The number of hydrogen-bond donors (Lipinski definition) is 0. The SMILES string of the molecule is N#Cc1ccc(C2(c3ccccc3)c3nc(-c4ccccc4)cc(n3)-c3cccc4c3-c3c(cccc32)C42c3ccccc3Oc3ccccc32)c2ccccc12. The van der Waals surface area contributed by atoms with E-state index in [4.69, 9.17) is 14.7 Å². The average molecular weight is 726 g/mol. The largest absolute Gasteiger partial charge is 0.457 e. The Morgan fingerprint density at radius 3 is 1.72 bits per heavy atom. The maximum absolute atomic E-state index is 10.4. The van der Waals surface area contributed by atoms with E-state index in [9.17, 15) is 5.26 Å². The quantitative estimate of drug-likeness (QED) is 0.182. The molecular formula is C53H31N3O. The van der Waals surface area contributed by atoms with E-state index in [2.05, 4.69) is 176 Å². The predicted octanol–water partition coefficient (Wildman–Crippen LogP) is 12.0. The molecule has 4 heteroatoms. The van der Waals surface area contributed by atoms with E-state index in [1.807, 2.05) is 18.2 Å². The van der Waals surface area contributed by atoms with Gasteiger partial charge in [0, 0.05) is 22.3 Å². The minimum atomic E-state index is -1.03. The van der Waals surface area contributed by atoms with Crippen molar-refractivity contribution in [2.75, 3.05) is 0 Å². The zero-order valence-electron chi connectivity index (χ0n) is 30.6. The third-order valence-corrected chi connectivity index (χ3v) is 12.5. The molecule has 264 valence electrons. The van der Waals surface area contributed by atoms with Crippen molar-refractivity contribution >= 4 is 10.8 Å². The maximum atomic E-state index is 10.4. The molecule has 0 saturated heterocycles. The predicted molar refractivity (Wildman–Crippen MR) is 224 cm³/mol. The number of rotatable bonds is 3. The second-order valence-electron chi connectivity index (χ2n) is 15.1. The molecular weight excluding hydrogens is 695 g/mol. The Morgan fingerprint density at radius 1 is 0.439 bits per heavy atom. The van der Waals surface area contributed by atoms with E-state index >= 15 is 0 Å². The van der Waals surface area contributed by atoms with Gasteiger partial charge >= 0.3 is 0 Å². The summed E-state index contributed by atoms with van der Waals surface area (Å²) in [5.74, 6) is 2.37. The van der Waals surface area contributed by atoms with E-state index in [-0.39, 0.29) is 0 Å². The van der Waals surface area contributed by atoms with Gasteiger partial charge in [-0.3, -0.25) is 0 Å². The first-order valence-corrected chi connectivity index (χ1v) is 19.3. The van der Waals surface area contributed by atoms with Gasteiger partial charge in [-0.15, -0.1) is 0 Å². The highest BCUT2D eigenvalue weighted by molar-refractivity contribution is 6.01. The van der Waals surface area contributed by atoms with E-state index in [0.29, 0.717) is 11.4 Å². The second kappa shape index (κ2) is 11.7. The fourth-order valence-corrected chi connectivity index (χ4v) is 10.3. The molecule has 0 N–H and O–H groups in total. The highest BCUT2D eigenvalue weighted by atomic mass is 16.5. The third-order valence-electron chi connectivity index (χ3n) is 12.5. The first-order chi connectivity index (χ1) is 28.2. The minimum absolute atomic E-state index is 0.628. The van der Waals surface area contributed by atoms with Gasteiger partial charge in [-0.25, -0.2) is 9.97 Å². The van der Waals surface area contributed by atoms with E-state index < -0.39 is 10.8 Å². The molecule has 12 rings (SSSR count). The second-order valence-corrected chi connectivity index (χ2v) is 15.1. The Kier molecular flexibility index (Phi) is 6.51. The van der Waals surface area contributed by atoms with Crippen LogP contribution in [0.2, 0.25) is 0 Å². The first kappa shape index (κ1) is 31.7. The number of nitrogens with zero attached hydrogens (tertiary/aromatic N) is 3. The summed E-state index contributed by atoms with van der Waals surface area (Å²) in [5.41, 5.74) is 12.8. The van der Waals surface area contributed by atoms with Crippen molar-refractivity contribution in [3.63, 3.8) is 0 Å². The number of fused-ring (bicyclic) bond motifs is 10. The highest BCUT2D eigenvalue weighted by Gasteiger charge is 2.55. The van der Waals surface area contributed by atoms with E-state index in [1.165, 1.54) is 16.7 Å². The molecule has 3 heterocycles. The van der Waals surface area contributed by atoms with Gasteiger partial charge in [0.05, 0.1) is 28.4 Å². The zero-order chi connectivity index (χ0) is 37.7. The smallest absolute Gasteiger partial charge is 0.149 e. The van der Waals surface area contributed by atoms with Crippen LogP contribution in [-0.4, -0.2) is 9.97 Å². The molecule has 1 aliphatic carbocycles. The lowest BCUT2D eigenvalue weighted by molar-refractivity contribution is 0.436. The molecule has 1 aromatic heterocycles. The molecule has 1 atom stereocenters. The number of ether oxygens (including phenoxy) is 1. The molecule has 3 aliphatic rings. The van der Waals surface area contributed by atoms with Gasteiger partial charge in [0.15, 0.2) is 0 Å². The highest BCUT2D eigenvalue weighted by Crippen LogP contribution is 2.66. The Hall–Kier alpha value is -7.61. The molecule has 57 heavy (non-hydrogen) atoms. The normalized spacial score (nSPS) is 16.1. The van der Waals surface area contributed by atoms with Crippen molar-refractivity contribution in [1.29, 1.82) is 5.26 Å². The number of nitriles is 1. The Balaban J connectivity index is 1.34. The summed E-state index contributed by atoms with van der Waals surface area (Å²) in [5, 5.41) is 12.3. The molecule has 4 nitrogen and oxygen atoms in total. The van der Waals surface area contributed by atoms with Crippen LogP contribution in [0.1, 0.15) is 50.3 Å². The van der Waals surface area contributed by atoms with Crippen molar-refractivity contribution in [2.45, 2.75) is 10.8 Å². The zero-order valence-corrected chi connectivity index (χ0v) is 30.6. The molecule has 9 aromatic rings. The van der Waals surface area contributed by atoms with Gasteiger partial charge < -0.3 is 4.74 Å². The van der Waals surface area contributed by atoms with Gasteiger partial charge in [-0.1, -0.05) is 164 Å². The topological polar surface area (TPSA) is 58.8 Å². The van der Waals surface area contributed by atoms with Crippen LogP contribution in [0.5, 0.6) is 11.5 Å². The Labute approximate surface area is 330 Å². The van der Waals surface area contributed by atoms with Gasteiger partial charge in [-0.2, -0.15) is 5.26 Å². The monoisotopic (exact) mass is 725 g/mol. The Bertz CT molecular complexity index is 3140. The number of para-hydroxylation sites is 2. The molecule has 8 aromatic carbocycles. The first-order valence-electron chi connectivity index (χ1n) is 19.3. The van der Waals surface area contributed by atoms with Gasteiger partial charge in [0.1, 0.15) is 22.7 Å². The Morgan fingerprint density at radius 2 is 1.00 bits per heavy atom. The van der Waals surface area contributed by atoms with Crippen molar-refractivity contribution in [2.24, 2.45) is 0 Å². The maximum Gasteiger partial charge on any atom is 0.149 e. The van der Waals surface area contributed by atoms with Gasteiger partial charge in [0.25, 0.3) is 0 Å². The van der Waals surface area contributed by atoms with Crippen LogP contribution in [0.25, 0.3) is 44.4 Å². The summed E-state index contributed by atoms with van der Waals surface area (Å²) in [6.07, 6.45) is 0. The molecule has 0 fully saturated rings. The van der Waals surface area contributed by atoms with E-state index in [0.717, 1.165) is 78.2 Å². The van der Waals surface area contributed by atoms with Crippen molar-refractivity contribution in [3.8, 4) is 51.2 Å². The summed E-state index contributed by atoms with van der Waals surface area (Å²) in [7, 11) is 0. The fraction of sp³-hybridized carbons (Fsp3) is 0.0377. The lowest BCUT2D eigenvalue weighted by Crippen LogP contribution is -2.36. The van der Waals surface area contributed by atoms with E-state index in [1.54, 1.807) is 0 Å². The van der Waals surface area contributed by atoms with Crippen molar-refractivity contribution < 1.29 is 4.74 Å². The lowest BCUT2D eigenvalue weighted by Gasteiger charge is -2.40. The number of aromatic nitrogens is 2. The summed E-state index contributed by atoms with van der Waals surface area (Å²) in [4.78, 5) is 11.3. The van der Waals surface area contributed by atoms with Crippen LogP contribution in [0.4, 0.5) is 0 Å². The van der Waals surface area contributed by atoms with Crippen molar-refractivity contribution in [1.82, 2.24) is 9.97 Å². The van der Waals surface area contributed by atoms with Crippen LogP contribution < -0.4 is 4.74 Å². The summed E-state index contributed by atoms with van der Waals surface area (Å²) in [6.45, 7) is 0. The average Bonchev–Trinajstić information content (AvgIpc) is 3.58. The molecule has 0 radical (unpaired) electrons. The van der Waals surface area contributed by atoms with Crippen LogP contribution in [0.3, 0.4) is 0 Å². The summed E-state index contributed by atoms with van der Waals surface area (Å²) >= 11 is 0. The molecule has 1 unspecified atom stereocenters. The molecule has 2 bridgehead atoms. The van der Waals surface area contributed by atoms with Crippen LogP contribution >= 0.6 is 0 Å². The molecule has 0 amide bonds. The van der Waals surface area contributed by atoms with Crippen LogP contribution in [-0.2, 0) is 10.8 Å². The van der Waals surface area contributed by atoms with Gasteiger partial charge in [-0.05, 0) is 74.0 Å².